The van der Waals surface area contributed by atoms with Crippen molar-refractivity contribution in [3.8, 4) is 0 Å². The molecule has 0 aromatic carbocycles. The zero-order valence-corrected chi connectivity index (χ0v) is 12.3. The van der Waals surface area contributed by atoms with Gasteiger partial charge in [0, 0.05) is 6.20 Å². The van der Waals surface area contributed by atoms with Crippen LogP contribution in [0.15, 0.2) is 55.1 Å². The molecule has 2 N–H and O–H groups in total. The Labute approximate surface area is 131 Å². The highest BCUT2D eigenvalue weighted by Gasteiger charge is 2.28. The third-order valence-corrected chi connectivity index (χ3v) is 4.44. The summed E-state index contributed by atoms with van der Waals surface area (Å²) >= 11 is 1.54. The molecule has 0 saturated carbocycles. The van der Waals surface area contributed by atoms with Gasteiger partial charge in [0.1, 0.15) is 0 Å². The first-order valence-corrected chi connectivity index (χ1v) is 7.66. The summed E-state index contributed by atoms with van der Waals surface area (Å²) in [5, 5.41) is 5.76. The molecular weight excluding hydrogens is 296 g/mol. The smallest absolute Gasteiger partial charge is 0.263 e. The fourth-order valence-electron chi connectivity index (χ4n) is 2.38. The number of hydrogen-bond acceptors (Lipinski definition) is 3. The summed E-state index contributed by atoms with van der Waals surface area (Å²) in [6.45, 7) is 0. The number of nitrogens with two attached hydrogens (primary N) is 1. The molecule has 0 radical (unpaired) electrons. The molecule has 22 heavy (non-hydrogen) atoms. The molecule has 0 spiro atoms. The minimum atomic E-state index is -0.0694. The molecule has 1 aliphatic heterocycles. The van der Waals surface area contributed by atoms with Crippen LogP contribution in [0.5, 0.6) is 0 Å². The van der Waals surface area contributed by atoms with Gasteiger partial charge in [-0.25, -0.2) is 0 Å². The van der Waals surface area contributed by atoms with E-state index < -0.39 is 0 Å². The van der Waals surface area contributed by atoms with Crippen molar-refractivity contribution in [3.63, 3.8) is 0 Å². The average molecular weight is 308 g/mol. The molecule has 0 unspecified atom stereocenters. The number of hydrogen-bond donors (Lipinski definition) is 1. The quantitative estimate of drug-likeness (QED) is 0.309. The lowest BCUT2D eigenvalue weighted by atomic mass is 10.2. The lowest BCUT2D eigenvalue weighted by Gasteiger charge is -2.17. The van der Waals surface area contributed by atoms with Gasteiger partial charge >= 0.3 is 0 Å². The van der Waals surface area contributed by atoms with Crippen LogP contribution >= 0.6 is 0 Å². The molecule has 108 valence electrons. The molecule has 0 amide bonds. The van der Waals surface area contributed by atoms with Crippen LogP contribution < -0.4 is 9.88 Å². The van der Waals surface area contributed by atoms with Crippen LogP contribution in [0.3, 0.4) is 0 Å². The van der Waals surface area contributed by atoms with E-state index in [2.05, 4.69) is 9.97 Å². The first-order chi connectivity index (χ1) is 10.8. The predicted molar refractivity (Wildman–Crippen MR) is 83.3 cm³/mol. The first-order valence-electron chi connectivity index (χ1n) is 6.78. The number of quaternary nitrogens is 1. The van der Waals surface area contributed by atoms with Gasteiger partial charge in [0.2, 0.25) is 0 Å². The SMILES string of the molecule is O=C([C-]1C=[S+][C-](c2cccnc2)[NH2+]1)[n+]1ccc2cccn[c-]21. The zero-order valence-electron chi connectivity index (χ0n) is 11.5. The minimum Gasteiger partial charge on any atom is -0.415 e. The second-order valence-corrected chi connectivity index (χ2v) is 5.76. The van der Waals surface area contributed by atoms with Gasteiger partial charge in [0.15, 0.2) is 17.3 Å². The maximum absolute atomic E-state index is 12.7. The van der Waals surface area contributed by atoms with E-state index in [9.17, 15) is 4.79 Å². The van der Waals surface area contributed by atoms with Crippen LogP contribution in [0, 0.1) is 11.4 Å². The molecule has 3 aromatic rings. The second-order valence-electron chi connectivity index (χ2n) is 4.85. The number of carbonyl (C=O) groups excluding carboxylic acids is 1. The molecule has 5 nitrogen and oxygen atoms in total. The third kappa shape index (κ3) is 2.14. The number of aromatic nitrogens is 3. The van der Waals surface area contributed by atoms with Crippen molar-refractivity contribution < 1.29 is 14.7 Å². The third-order valence-electron chi connectivity index (χ3n) is 3.46. The average Bonchev–Trinajstić information content (AvgIpc) is 3.22. The predicted octanol–water partition coefficient (Wildman–Crippen LogP) is -0.192. The Morgan fingerprint density at radius 3 is 3.00 bits per heavy atom. The maximum Gasteiger partial charge on any atom is 0.263 e. The van der Waals surface area contributed by atoms with Gasteiger partial charge in [0.05, 0.1) is 11.6 Å². The van der Waals surface area contributed by atoms with Gasteiger partial charge in [0.25, 0.3) is 11.0 Å². The van der Waals surface area contributed by atoms with Crippen molar-refractivity contribution >= 4 is 33.7 Å². The Kier molecular flexibility index (Phi) is 3.10. The van der Waals surface area contributed by atoms with Crippen molar-refractivity contribution in [2.45, 2.75) is 0 Å². The van der Waals surface area contributed by atoms with Crippen LogP contribution in [0.1, 0.15) is 10.4 Å². The van der Waals surface area contributed by atoms with E-state index in [0.717, 1.165) is 16.3 Å². The van der Waals surface area contributed by atoms with E-state index in [1.807, 2.05) is 41.0 Å². The van der Waals surface area contributed by atoms with Crippen LogP contribution in [-0.2, 0) is 11.4 Å². The van der Waals surface area contributed by atoms with Gasteiger partial charge in [-0.1, -0.05) is 30.0 Å². The second kappa shape index (κ2) is 5.25. The normalized spacial score (nSPS) is 14.0. The van der Waals surface area contributed by atoms with Crippen molar-refractivity contribution in [2.75, 3.05) is 0 Å². The summed E-state index contributed by atoms with van der Waals surface area (Å²) in [5.41, 5.74) is 1.70. The Hall–Kier alpha value is -2.70. The van der Waals surface area contributed by atoms with E-state index in [4.69, 9.17) is 0 Å². The monoisotopic (exact) mass is 308 g/mol. The van der Waals surface area contributed by atoms with Crippen LogP contribution in [0.25, 0.3) is 11.0 Å². The fraction of sp³-hybridized carbons (Fsp3) is 0. The Balaban J connectivity index is 1.59. The molecule has 1 aliphatic rings. The van der Waals surface area contributed by atoms with Gasteiger partial charge in [-0.15, -0.1) is 17.1 Å². The highest BCUT2D eigenvalue weighted by Crippen LogP contribution is 2.11. The van der Waals surface area contributed by atoms with Crippen LogP contribution in [0.4, 0.5) is 0 Å². The Morgan fingerprint density at radius 1 is 1.23 bits per heavy atom. The number of pyridine rings is 2. The van der Waals surface area contributed by atoms with Crippen molar-refractivity contribution in [1.82, 2.24) is 9.97 Å². The van der Waals surface area contributed by atoms with E-state index >= 15 is 0 Å². The van der Waals surface area contributed by atoms with Crippen molar-refractivity contribution in [1.29, 1.82) is 0 Å². The topological polar surface area (TPSA) is 63.3 Å². The highest BCUT2D eigenvalue weighted by molar-refractivity contribution is 7.81. The van der Waals surface area contributed by atoms with E-state index in [-0.39, 0.29) is 5.91 Å². The van der Waals surface area contributed by atoms with Gasteiger partial charge in [-0.2, -0.15) is 0 Å². The summed E-state index contributed by atoms with van der Waals surface area (Å²) in [6, 6.07) is 10.2. The summed E-state index contributed by atoms with van der Waals surface area (Å²) in [6.07, 6.45) is 7.00. The van der Waals surface area contributed by atoms with E-state index in [1.54, 1.807) is 29.4 Å². The highest BCUT2D eigenvalue weighted by atomic mass is 32.1. The molecular formula is C16H12N4OS. The number of carbonyl (C=O) groups is 1. The molecule has 0 atom stereocenters. The summed E-state index contributed by atoms with van der Waals surface area (Å²) in [5.74, 6) is -0.0694. The van der Waals surface area contributed by atoms with Gasteiger partial charge < -0.3 is 15.1 Å². The summed E-state index contributed by atoms with van der Waals surface area (Å²) in [4.78, 5) is 21.1. The summed E-state index contributed by atoms with van der Waals surface area (Å²) in [7, 11) is 0. The minimum absolute atomic E-state index is 0.0694. The molecule has 3 aromatic heterocycles. The van der Waals surface area contributed by atoms with Gasteiger partial charge in [-0.05, 0) is 17.6 Å². The Bertz CT molecular complexity index is 859. The molecule has 0 fully saturated rings. The maximum atomic E-state index is 12.7. The number of nitrogens with zero attached hydrogens (tertiary/aromatic N) is 3. The molecule has 4 heterocycles. The van der Waals surface area contributed by atoms with Crippen LogP contribution in [-0.4, -0.2) is 21.2 Å². The van der Waals surface area contributed by atoms with Crippen LogP contribution in [0.2, 0.25) is 0 Å². The van der Waals surface area contributed by atoms with Crippen molar-refractivity contribution in [2.24, 2.45) is 0 Å². The molecule has 6 heteroatoms. The molecule has 0 saturated heterocycles. The zero-order chi connectivity index (χ0) is 14.9. The largest absolute Gasteiger partial charge is 0.415 e. The first kappa shape index (κ1) is 13.0. The molecule has 4 rings (SSSR count). The van der Waals surface area contributed by atoms with Gasteiger partial charge in [-0.3, -0.25) is 4.57 Å². The summed E-state index contributed by atoms with van der Waals surface area (Å²) < 4.78 is 1.59. The van der Waals surface area contributed by atoms with Crippen molar-refractivity contribution in [3.05, 3.63) is 72.1 Å². The fourth-order valence-corrected chi connectivity index (χ4v) is 3.25. The lowest BCUT2D eigenvalue weighted by molar-refractivity contribution is -0.613. The molecule has 0 bridgehead atoms. The Morgan fingerprint density at radius 2 is 2.14 bits per heavy atom. The number of fused-ring (bicyclic) bond motifs is 1. The standard InChI is InChI=1S/C16H12N4OS/c21-16(20-8-5-11-3-2-7-18-14(11)20)13-10-22-15(19-13)12-4-1-6-17-9-12/h1-10H,19H2. The molecule has 0 aliphatic carbocycles. The van der Waals surface area contributed by atoms with E-state index in [0.29, 0.717) is 11.7 Å². The lowest BCUT2D eigenvalue weighted by Crippen LogP contribution is -2.88. The number of rotatable bonds is 2. The van der Waals surface area contributed by atoms with E-state index in [1.165, 1.54) is 11.4 Å².